The lowest BCUT2D eigenvalue weighted by Gasteiger charge is -2.35. The summed E-state index contributed by atoms with van der Waals surface area (Å²) in [6.45, 7) is 8.00. The van der Waals surface area contributed by atoms with Gasteiger partial charge in [-0.25, -0.2) is 4.79 Å². The SMILES string of the molecule is CCCC(CNC(=O)N1CC(C)CC(C)C1)C(=O)O. The van der Waals surface area contributed by atoms with Crippen molar-refractivity contribution in [2.24, 2.45) is 17.8 Å². The van der Waals surface area contributed by atoms with Gasteiger partial charge in [-0.1, -0.05) is 27.2 Å². The molecule has 0 radical (unpaired) electrons. The Morgan fingerprint density at radius 3 is 2.37 bits per heavy atom. The number of aliphatic carboxylic acids is 1. The molecule has 0 saturated carbocycles. The Kier molecular flexibility index (Phi) is 6.12. The molecule has 1 heterocycles. The first-order valence-corrected chi connectivity index (χ1v) is 7.19. The van der Waals surface area contributed by atoms with Crippen molar-refractivity contribution in [3.05, 3.63) is 0 Å². The summed E-state index contributed by atoms with van der Waals surface area (Å²) >= 11 is 0. The second kappa shape index (κ2) is 7.36. The van der Waals surface area contributed by atoms with Crippen LogP contribution in [-0.4, -0.2) is 41.6 Å². The molecule has 19 heavy (non-hydrogen) atoms. The number of carbonyl (C=O) groups is 2. The highest BCUT2D eigenvalue weighted by Gasteiger charge is 2.26. The quantitative estimate of drug-likeness (QED) is 0.804. The van der Waals surface area contributed by atoms with Crippen LogP contribution in [0.1, 0.15) is 40.0 Å². The van der Waals surface area contributed by atoms with Crippen molar-refractivity contribution in [1.82, 2.24) is 10.2 Å². The molecule has 1 aliphatic rings. The van der Waals surface area contributed by atoms with Gasteiger partial charge in [-0.2, -0.15) is 0 Å². The average molecular weight is 270 g/mol. The van der Waals surface area contributed by atoms with Crippen LogP contribution in [0.25, 0.3) is 0 Å². The number of nitrogens with zero attached hydrogens (tertiary/aromatic N) is 1. The number of rotatable bonds is 5. The number of piperidine rings is 1. The van der Waals surface area contributed by atoms with Crippen molar-refractivity contribution >= 4 is 12.0 Å². The Bertz CT molecular complexity index is 310. The second-order valence-corrected chi connectivity index (χ2v) is 5.86. The average Bonchev–Trinajstić information content (AvgIpc) is 2.32. The number of hydrogen-bond donors (Lipinski definition) is 2. The minimum Gasteiger partial charge on any atom is -0.481 e. The van der Waals surface area contributed by atoms with Gasteiger partial charge in [0.05, 0.1) is 5.92 Å². The van der Waals surface area contributed by atoms with Gasteiger partial charge in [0.25, 0.3) is 0 Å². The van der Waals surface area contributed by atoms with Gasteiger partial charge in [0.2, 0.25) is 0 Å². The van der Waals surface area contributed by atoms with Gasteiger partial charge in [-0.05, 0) is 24.7 Å². The number of nitrogens with one attached hydrogen (secondary N) is 1. The molecule has 1 rings (SSSR count). The first-order valence-electron chi connectivity index (χ1n) is 7.19. The van der Waals surface area contributed by atoms with Crippen LogP contribution in [0.2, 0.25) is 0 Å². The van der Waals surface area contributed by atoms with Crippen LogP contribution < -0.4 is 5.32 Å². The van der Waals surface area contributed by atoms with E-state index in [0.29, 0.717) is 18.3 Å². The Morgan fingerprint density at radius 1 is 1.32 bits per heavy atom. The molecule has 1 fully saturated rings. The van der Waals surface area contributed by atoms with Gasteiger partial charge in [0, 0.05) is 19.6 Å². The molecule has 0 bridgehead atoms. The molecule has 0 aromatic carbocycles. The Balaban J connectivity index is 2.43. The van der Waals surface area contributed by atoms with Crippen molar-refractivity contribution in [2.45, 2.75) is 40.0 Å². The van der Waals surface area contributed by atoms with E-state index in [9.17, 15) is 9.59 Å². The summed E-state index contributed by atoms with van der Waals surface area (Å²) in [5, 5.41) is 11.8. The summed E-state index contributed by atoms with van der Waals surface area (Å²) in [4.78, 5) is 24.9. The number of carboxylic acids is 1. The zero-order chi connectivity index (χ0) is 14.4. The number of carbonyl (C=O) groups excluding carboxylic acids is 1. The van der Waals surface area contributed by atoms with E-state index >= 15 is 0 Å². The number of amides is 2. The molecule has 5 heteroatoms. The van der Waals surface area contributed by atoms with E-state index in [-0.39, 0.29) is 12.6 Å². The third-order valence-electron chi connectivity index (χ3n) is 3.64. The minimum atomic E-state index is -0.831. The summed E-state index contributed by atoms with van der Waals surface area (Å²) in [5.74, 6) is -0.281. The topological polar surface area (TPSA) is 69.6 Å². The monoisotopic (exact) mass is 270 g/mol. The minimum absolute atomic E-state index is 0.124. The predicted molar refractivity (Wildman–Crippen MR) is 74.0 cm³/mol. The maximum atomic E-state index is 12.0. The van der Waals surface area contributed by atoms with E-state index in [1.165, 1.54) is 0 Å². The van der Waals surface area contributed by atoms with Gasteiger partial charge in [-0.15, -0.1) is 0 Å². The van der Waals surface area contributed by atoms with Crippen molar-refractivity contribution < 1.29 is 14.7 Å². The second-order valence-electron chi connectivity index (χ2n) is 5.86. The van der Waals surface area contributed by atoms with Gasteiger partial charge in [0.1, 0.15) is 0 Å². The highest BCUT2D eigenvalue weighted by atomic mass is 16.4. The molecule has 0 aromatic heterocycles. The van der Waals surface area contributed by atoms with Crippen LogP contribution in [0.3, 0.4) is 0 Å². The number of urea groups is 1. The molecule has 2 N–H and O–H groups in total. The third-order valence-corrected chi connectivity index (χ3v) is 3.64. The molecule has 0 aromatic rings. The van der Waals surface area contributed by atoms with E-state index in [2.05, 4.69) is 19.2 Å². The van der Waals surface area contributed by atoms with Crippen LogP contribution in [0.15, 0.2) is 0 Å². The van der Waals surface area contributed by atoms with Crippen LogP contribution in [-0.2, 0) is 4.79 Å². The molecule has 0 spiro atoms. The van der Waals surface area contributed by atoms with Gasteiger partial charge < -0.3 is 15.3 Å². The Hall–Kier alpha value is -1.26. The van der Waals surface area contributed by atoms with E-state index in [0.717, 1.165) is 25.9 Å². The summed E-state index contributed by atoms with van der Waals surface area (Å²) in [6, 6.07) is -0.124. The van der Waals surface area contributed by atoms with Crippen molar-refractivity contribution in [1.29, 1.82) is 0 Å². The number of hydrogen-bond acceptors (Lipinski definition) is 2. The zero-order valence-corrected chi connectivity index (χ0v) is 12.2. The molecule has 3 atom stereocenters. The molecule has 1 saturated heterocycles. The molecule has 1 aliphatic heterocycles. The van der Waals surface area contributed by atoms with Gasteiger partial charge in [-0.3, -0.25) is 4.79 Å². The molecule has 3 unspecified atom stereocenters. The van der Waals surface area contributed by atoms with Gasteiger partial charge in [0.15, 0.2) is 0 Å². The van der Waals surface area contributed by atoms with E-state index in [4.69, 9.17) is 5.11 Å². The fourth-order valence-corrected chi connectivity index (χ4v) is 2.81. The summed E-state index contributed by atoms with van der Waals surface area (Å²) in [7, 11) is 0. The normalized spacial score (nSPS) is 24.9. The standard InChI is InChI=1S/C14H26N2O3/c1-4-5-12(13(17)18)7-15-14(19)16-8-10(2)6-11(3)9-16/h10-12H,4-9H2,1-3H3,(H,15,19)(H,17,18). The largest absolute Gasteiger partial charge is 0.481 e. The fraction of sp³-hybridized carbons (Fsp3) is 0.857. The third kappa shape index (κ3) is 5.09. The van der Waals surface area contributed by atoms with Crippen molar-refractivity contribution in [3.63, 3.8) is 0 Å². The van der Waals surface area contributed by atoms with Crippen LogP contribution >= 0.6 is 0 Å². The molecule has 110 valence electrons. The summed E-state index contributed by atoms with van der Waals surface area (Å²) < 4.78 is 0. The lowest BCUT2D eigenvalue weighted by Crippen LogP contribution is -2.48. The lowest BCUT2D eigenvalue weighted by atomic mass is 9.92. The van der Waals surface area contributed by atoms with E-state index in [1.807, 2.05) is 11.8 Å². The van der Waals surface area contributed by atoms with Crippen molar-refractivity contribution in [2.75, 3.05) is 19.6 Å². The summed E-state index contributed by atoms with van der Waals surface area (Å²) in [5.41, 5.74) is 0. The first-order chi connectivity index (χ1) is 8.93. The van der Waals surface area contributed by atoms with E-state index < -0.39 is 11.9 Å². The first kappa shape index (κ1) is 15.8. The molecular weight excluding hydrogens is 244 g/mol. The molecule has 5 nitrogen and oxygen atoms in total. The highest BCUT2D eigenvalue weighted by Crippen LogP contribution is 2.20. The van der Waals surface area contributed by atoms with Crippen LogP contribution in [0.4, 0.5) is 4.79 Å². The molecular formula is C14H26N2O3. The zero-order valence-electron chi connectivity index (χ0n) is 12.2. The Morgan fingerprint density at radius 2 is 1.89 bits per heavy atom. The number of carboxylic acid groups (broad SMARTS) is 1. The maximum absolute atomic E-state index is 12.0. The maximum Gasteiger partial charge on any atom is 0.317 e. The molecule has 2 amide bonds. The predicted octanol–water partition coefficient (Wildman–Crippen LogP) is 2.17. The molecule has 0 aliphatic carbocycles. The van der Waals surface area contributed by atoms with Gasteiger partial charge >= 0.3 is 12.0 Å². The smallest absolute Gasteiger partial charge is 0.317 e. The van der Waals surface area contributed by atoms with Crippen molar-refractivity contribution in [3.8, 4) is 0 Å². The van der Waals surface area contributed by atoms with Crippen LogP contribution in [0, 0.1) is 17.8 Å². The van der Waals surface area contributed by atoms with E-state index in [1.54, 1.807) is 0 Å². The Labute approximate surface area is 115 Å². The number of likely N-dealkylation sites (tertiary alicyclic amines) is 1. The fourth-order valence-electron chi connectivity index (χ4n) is 2.81. The highest BCUT2D eigenvalue weighted by molar-refractivity contribution is 5.76. The summed E-state index contributed by atoms with van der Waals surface area (Å²) in [6.07, 6.45) is 2.56. The van der Waals surface area contributed by atoms with Crippen LogP contribution in [0.5, 0.6) is 0 Å². The lowest BCUT2D eigenvalue weighted by molar-refractivity contribution is -0.141.